The molecule has 0 saturated heterocycles. The first-order chi connectivity index (χ1) is 12.5. The Kier molecular flexibility index (Phi) is 5.82. The Labute approximate surface area is 157 Å². The van der Waals surface area contributed by atoms with Gasteiger partial charge in [-0.2, -0.15) is 5.10 Å². The highest BCUT2D eigenvalue weighted by Crippen LogP contribution is 2.17. The Balaban J connectivity index is 1.93. The molecular formula is C18H25N5O4. The van der Waals surface area contributed by atoms with Crippen LogP contribution in [0.5, 0.6) is 0 Å². The third-order valence-corrected chi connectivity index (χ3v) is 3.75. The van der Waals surface area contributed by atoms with Crippen LogP contribution < -0.4 is 5.32 Å². The van der Waals surface area contributed by atoms with Crippen molar-refractivity contribution in [3.05, 3.63) is 23.5 Å². The second-order valence-electron chi connectivity index (χ2n) is 7.43. The lowest BCUT2D eigenvalue weighted by Crippen LogP contribution is -2.46. The van der Waals surface area contributed by atoms with Crippen molar-refractivity contribution in [1.82, 2.24) is 25.0 Å². The lowest BCUT2D eigenvalue weighted by molar-refractivity contribution is -0.137. The predicted molar refractivity (Wildman–Crippen MR) is 99.1 cm³/mol. The van der Waals surface area contributed by atoms with Crippen LogP contribution in [0.25, 0.3) is 11.0 Å². The highest BCUT2D eigenvalue weighted by atomic mass is 16.5. The summed E-state index contributed by atoms with van der Waals surface area (Å²) < 4.78 is 6.69. The number of carbonyl (C=O) groups excluding carboxylic acids is 3. The number of amides is 2. The quantitative estimate of drug-likeness (QED) is 0.775. The lowest BCUT2D eigenvalue weighted by Gasteiger charge is -2.23. The van der Waals surface area contributed by atoms with Crippen LogP contribution in [0, 0.1) is 6.92 Å². The van der Waals surface area contributed by atoms with E-state index in [0.717, 1.165) is 11.1 Å². The van der Waals surface area contributed by atoms with E-state index in [0.29, 0.717) is 5.65 Å². The molecule has 146 valence electrons. The van der Waals surface area contributed by atoms with Crippen molar-refractivity contribution in [3.63, 3.8) is 0 Å². The van der Waals surface area contributed by atoms with E-state index in [1.165, 1.54) is 18.1 Å². The number of nitrogens with one attached hydrogen (secondary N) is 1. The number of esters is 1. The Morgan fingerprint density at radius 2 is 1.96 bits per heavy atom. The molecule has 0 aliphatic heterocycles. The van der Waals surface area contributed by atoms with Gasteiger partial charge < -0.3 is 15.0 Å². The van der Waals surface area contributed by atoms with Crippen molar-refractivity contribution in [2.45, 2.75) is 33.2 Å². The molecule has 0 unspecified atom stereocenters. The highest BCUT2D eigenvalue weighted by molar-refractivity contribution is 5.95. The Bertz CT molecular complexity index is 882. The minimum absolute atomic E-state index is 0.115. The second-order valence-corrected chi connectivity index (χ2v) is 7.43. The normalized spacial score (nSPS) is 11.3. The third-order valence-electron chi connectivity index (χ3n) is 3.75. The smallest absolute Gasteiger partial charge is 0.340 e. The molecule has 2 heterocycles. The largest absolute Gasteiger partial charge is 0.452 e. The van der Waals surface area contributed by atoms with Gasteiger partial charge in [0.05, 0.1) is 17.8 Å². The van der Waals surface area contributed by atoms with Gasteiger partial charge in [-0.1, -0.05) is 0 Å². The number of nitrogens with zero attached hydrogens (tertiary/aromatic N) is 4. The van der Waals surface area contributed by atoms with Crippen molar-refractivity contribution >= 4 is 28.8 Å². The van der Waals surface area contributed by atoms with Crippen LogP contribution in [0.4, 0.5) is 0 Å². The van der Waals surface area contributed by atoms with E-state index in [1.807, 2.05) is 27.7 Å². The van der Waals surface area contributed by atoms with Crippen LogP contribution in [0.15, 0.2) is 12.3 Å². The molecule has 9 heteroatoms. The van der Waals surface area contributed by atoms with Gasteiger partial charge in [-0.05, 0) is 33.8 Å². The molecule has 0 spiro atoms. The summed E-state index contributed by atoms with van der Waals surface area (Å²) in [5, 5.41) is 7.75. The van der Waals surface area contributed by atoms with E-state index in [9.17, 15) is 14.4 Å². The van der Waals surface area contributed by atoms with E-state index < -0.39 is 18.5 Å². The zero-order chi connectivity index (χ0) is 20.4. The van der Waals surface area contributed by atoms with Crippen LogP contribution in [0.1, 0.15) is 36.8 Å². The molecule has 2 rings (SSSR count). The number of likely N-dealkylation sites (N-methyl/N-ethyl adjacent to an activating group) is 1. The predicted octanol–water partition coefficient (Wildman–Crippen LogP) is 0.807. The van der Waals surface area contributed by atoms with Gasteiger partial charge in [0.15, 0.2) is 12.3 Å². The van der Waals surface area contributed by atoms with E-state index in [4.69, 9.17) is 4.74 Å². The molecule has 2 aromatic rings. The highest BCUT2D eigenvalue weighted by Gasteiger charge is 2.19. The summed E-state index contributed by atoms with van der Waals surface area (Å²) in [6, 6.07) is 1.64. The van der Waals surface area contributed by atoms with Gasteiger partial charge in [-0.15, -0.1) is 0 Å². The number of rotatable bonds is 5. The average molecular weight is 375 g/mol. The molecule has 0 atom stereocenters. The number of hydrogen-bond acceptors (Lipinski definition) is 6. The fourth-order valence-corrected chi connectivity index (χ4v) is 2.50. The summed E-state index contributed by atoms with van der Waals surface area (Å²) in [5.41, 5.74) is 1.25. The van der Waals surface area contributed by atoms with Crippen molar-refractivity contribution in [1.29, 1.82) is 0 Å². The zero-order valence-electron chi connectivity index (χ0n) is 16.5. The Morgan fingerprint density at radius 3 is 2.59 bits per heavy atom. The first-order valence-corrected chi connectivity index (χ1v) is 8.49. The Morgan fingerprint density at radius 1 is 1.30 bits per heavy atom. The number of aryl methyl sites for hydroxylation is 2. The molecule has 0 bridgehead atoms. The van der Waals surface area contributed by atoms with Crippen LogP contribution >= 0.6 is 0 Å². The molecule has 2 amide bonds. The molecule has 0 radical (unpaired) electrons. The van der Waals surface area contributed by atoms with Gasteiger partial charge >= 0.3 is 5.97 Å². The molecule has 0 saturated carbocycles. The molecular weight excluding hydrogens is 350 g/mol. The fourth-order valence-electron chi connectivity index (χ4n) is 2.50. The molecule has 0 fully saturated rings. The van der Waals surface area contributed by atoms with Crippen molar-refractivity contribution in [3.8, 4) is 0 Å². The van der Waals surface area contributed by atoms with Gasteiger partial charge in [-0.25, -0.2) is 9.78 Å². The monoisotopic (exact) mass is 375 g/mol. The summed E-state index contributed by atoms with van der Waals surface area (Å²) in [4.78, 5) is 41.6. The van der Waals surface area contributed by atoms with E-state index >= 15 is 0 Å². The van der Waals surface area contributed by atoms with Gasteiger partial charge in [0.1, 0.15) is 0 Å². The maximum Gasteiger partial charge on any atom is 0.340 e. The maximum absolute atomic E-state index is 12.2. The average Bonchev–Trinajstić information content (AvgIpc) is 2.84. The molecule has 0 aliphatic carbocycles. The SMILES string of the molecule is Cc1nn(C)c2ncc(C(=O)OCC(=O)N(C)CC(=O)NC(C)(C)C)cc12. The first kappa shape index (κ1) is 20.3. The molecule has 27 heavy (non-hydrogen) atoms. The molecule has 0 aliphatic rings. The zero-order valence-corrected chi connectivity index (χ0v) is 16.5. The van der Waals surface area contributed by atoms with Crippen LogP contribution in [-0.4, -0.2) is 63.2 Å². The molecule has 9 nitrogen and oxygen atoms in total. The minimum atomic E-state index is -0.659. The summed E-state index contributed by atoms with van der Waals surface area (Å²) in [5.74, 6) is -1.42. The van der Waals surface area contributed by atoms with Crippen molar-refractivity contribution < 1.29 is 19.1 Å². The summed E-state index contributed by atoms with van der Waals surface area (Å²) in [7, 11) is 3.25. The molecule has 0 aromatic carbocycles. The molecule has 2 aromatic heterocycles. The fraction of sp³-hybridized carbons (Fsp3) is 0.500. The van der Waals surface area contributed by atoms with Crippen LogP contribution in [-0.2, 0) is 21.4 Å². The van der Waals surface area contributed by atoms with Gasteiger partial charge in [0.25, 0.3) is 5.91 Å². The van der Waals surface area contributed by atoms with E-state index in [2.05, 4.69) is 15.4 Å². The third kappa shape index (κ3) is 5.25. The van der Waals surface area contributed by atoms with Gasteiger partial charge in [0.2, 0.25) is 5.91 Å². The Hall–Kier alpha value is -2.97. The number of hydrogen-bond donors (Lipinski definition) is 1. The second kappa shape index (κ2) is 7.73. The first-order valence-electron chi connectivity index (χ1n) is 8.49. The van der Waals surface area contributed by atoms with Crippen LogP contribution in [0.2, 0.25) is 0 Å². The van der Waals surface area contributed by atoms with Crippen LogP contribution in [0.3, 0.4) is 0 Å². The minimum Gasteiger partial charge on any atom is -0.452 e. The van der Waals surface area contributed by atoms with Crippen molar-refractivity contribution in [2.24, 2.45) is 7.05 Å². The number of fused-ring (bicyclic) bond motifs is 1. The van der Waals surface area contributed by atoms with E-state index in [1.54, 1.807) is 17.8 Å². The number of ether oxygens (including phenoxy) is 1. The topological polar surface area (TPSA) is 106 Å². The molecule has 1 N–H and O–H groups in total. The van der Waals surface area contributed by atoms with Crippen molar-refractivity contribution in [2.75, 3.05) is 20.2 Å². The lowest BCUT2D eigenvalue weighted by atomic mass is 10.1. The number of pyridine rings is 1. The summed E-state index contributed by atoms with van der Waals surface area (Å²) in [6.45, 7) is 6.80. The van der Waals surface area contributed by atoms with Gasteiger partial charge in [-0.3, -0.25) is 14.3 Å². The number of aromatic nitrogens is 3. The van der Waals surface area contributed by atoms with Gasteiger partial charge in [0, 0.05) is 31.2 Å². The van der Waals surface area contributed by atoms with E-state index in [-0.39, 0.29) is 23.6 Å². The summed E-state index contributed by atoms with van der Waals surface area (Å²) >= 11 is 0. The number of carbonyl (C=O) groups is 3. The summed E-state index contributed by atoms with van der Waals surface area (Å²) in [6.07, 6.45) is 1.39. The maximum atomic E-state index is 12.2. The standard InChI is InChI=1S/C18H25N5O4/c1-11-13-7-12(8-19-16(13)23(6)21-11)17(26)27-10-15(25)22(5)9-14(24)20-18(2,3)4/h7-8H,9-10H2,1-6H3,(H,20,24).